The van der Waals surface area contributed by atoms with E-state index in [1.54, 1.807) is 7.11 Å². The lowest BCUT2D eigenvalue weighted by atomic mass is 10.0. The van der Waals surface area contributed by atoms with Gasteiger partial charge in [-0.15, -0.1) is 0 Å². The van der Waals surface area contributed by atoms with Gasteiger partial charge in [-0.25, -0.2) is 0 Å². The average molecular weight is 263 g/mol. The Kier molecular flexibility index (Phi) is 6.03. The highest BCUT2D eigenvalue weighted by Crippen LogP contribution is 2.11. The molecule has 0 saturated heterocycles. The molecule has 0 spiro atoms. The van der Waals surface area contributed by atoms with Crippen molar-refractivity contribution < 1.29 is 9.53 Å². The second kappa shape index (κ2) is 7.29. The first-order chi connectivity index (χ1) is 8.93. The van der Waals surface area contributed by atoms with Crippen molar-refractivity contribution in [2.24, 2.45) is 5.92 Å². The van der Waals surface area contributed by atoms with E-state index in [4.69, 9.17) is 4.74 Å². The Morgan fingerprint density at radius 1 is 1.26 bits per heavy atom. The number of aryl methyl sites for hydroxylation is 2. The van der Waals surface area contributed by atoms with Crippen LogP contribution in [0.5, 0.6) is 0 Å². The first-order valence-corrected chi connectivity index (χ1v) is 6.81. The number of hydrogen-bond donors (Lipinski definition) is 1. The van der Waals surface area contributed by atoms with Crippen molar-refractivity contribution in [3.63, 3.8) is 0 Å². The summed E-state index contributed by atoms with van der Waals surface area (Å²) in [6.07, 6.45) is 0.921. The van der Waals surface area contributed by atoms with Crippen LogP contribution in [0, 0.1) is 19.8 Å². The third-order valence-electron chi connectivity index (χ3n) is 3.35. The van der Waals surface area contributed by atoms with E-state index < -0.39 is 0 Å². The number of rotatable bonds is 6. The van der Waals surface area contributed by atoms with Crippen molar-refractivity contribution in [1.82, 2.24) is 5.32 Å². The molecule has 0 aliphatic carbocycles. The molecule has 0 heterocycles. The van der Waals surface area contributed by atoms with E-state index in [-0.39, 0.29) is 11.9 Å². The molecule has 0 aliphatic rings. The molecule has 106 valence electrons. The van der Waals surface area contributed by atoms with Crippen LogP contribution in [0.15, 0.2) is 18.2 Å². The largest absolute Gasteiger partial charge is 0.384 e. The van der Waals surface area contributed by atoms with Crippen LogP contribution in [-0.4, -0.2) is 25.7 Å². The SMILES string of the molecule is COCC(C)CC(C)NC(=O)c1ccc(C)c(C)c1. The highest BCUT2D eigenvalue weighted by Gasteiger charge is 2.13. The maximum absolute atomic E-state index is 12.1. The molecule has 0 aromatic heterocycles. The number of hydrogen-bond acceptors (Lipinski definition) is 2. The third kappa shape index (κ3) is 5.03. The number of carbonyl (C=O) groups excluding carboxylic acids is 1. The lowest BCUT2D eigenvalue weighted by Crippen LogP contribution is -2.34. The van der Waals surface area contributed by atoms with Gasteiger partial charge in [0, 0.05) is 25.3 Å². The highest BCUT2D eigenvalue weighted by atomic mass is 16.5. The van der Waals surface area contributed by atoms with Gasteiger partial charge in [0.2, 0.25) is 0 Å². The average Bonchev–Trinajstić information content (AvgIpc) is 2.32. The molecule has 1 aromatic carbocycles. The van der Waals surface area contributed by atoms with Crippen LogP contribution in [0.3, 0.4) is 0 Å². The van der Waals surface area contributed by atoms with E-state index in [0.717, 1.165) is 24.2 Å². The van der Waals surface area contributed by atoms with Crippen LogP contribution in [0.1, 0.15) is 41.8 Å². The quantitative estimate of drug-likeness (QED) is 0.856. The lowest BCUT2D eigenvalue weighted by Gasteiger charge is -2.18. The number of methoxy groups -OCH3 is 1. The molecular weight excluding hydrogens is 238 g/mol. The standard InChI is InChI=1S/C16H25NO2/c1-11(10-19-5)8-14(4)17-16(18)15-7-6-12(2)13(3)9-15/h6-7,9,11,14H,8,10H2,1-5H3,(H,17,18). The highest BCUT2D eigenvalue weighted by molar-refractivity contribution is 5.94. The Morgan fingerprint density at radius 3 is 2.53 bits per heavy atom. The Bertz CT molecular complexity index is 429. The molecule has 1 N–H and O–H groups in total. The number of carbonyl (C=O) groups is 1. The van der Waals surface area contributed by atoms with Gasteiger partial charge < -0.3 is 10.1 Å². The van der Waals surface area contributed by atoms with Gasteiger partial charge in [-0.2, -0.15) is 0 Å². The molecule has 1 rings (SSSR count). The fourth-order valence-corrected chi connectivity index (χ4v) is 2.20. The molecule has 0 saturated carbocycles. The van der Waals surface area contributed by atoms with E-state index >= 15 is 0 Å². The van der Waals surface area contributed by atoms with Crippen molar-refractivity contribution in [1.29, 1.82) is 0 Å². The predicted octanol–water partition coefficient (Wildman–Crippen LogP) is 3.09. The van der Waals surface area contributed by atoms with Crippen molar-refractivity contribution in [3.8, 4) is 0 Å². The zero-order valence-electron chi connectivity index (χ0n) is 12.6. The van der Waals surface area contributed by atoms with Gasteiger partial charge in [-0.3, -0.25) is 4.79 Å². The topological polar surface area (TPSA) is 38.3 Å². The Labute approximate surface area is 116 Å². The zero-order chi connectivity index (χ0) is 14.4. The normalized spacial score (nSPS) is 13.9. The monoisotopic (exact) mass is 263 g/mol. The van der Waals surface area contributed by atoms with Crippen molar-refractivity contribution in [2.45, 2.75) is 40.2 Å². The first-order valence-electron chi connectivity index (χ1n) is 6.81. The molecule has 2 unspecified atom stereocenters. The summed E-state index contributed by atoms with van der Waals surface area (Å²) in [6, 6.07) is 5.96. The van der Waals surface area contributed by atoms with Crippen LogP contribution in [0.25, 0.3) is 0 Å². The van der Waals surface area contributed by atoms with E-state index in [0.29, 0.717) is 5.92 Å². The Morgan fingerprint density at radius 2 is 1.95 bits per heavy atom. The summed E-state index contributed by atoms with van der Waals surface area (Å²) in [4.78, 5) is 12.1. The van der Waals surface area contributed by atoms with Crippen molar-refractivity contribution >= 4 is 5.91 Å². The van der Waals surface area contributed by atoms with Crippen molar-refractivity contribution in [3.05, 3.63) is 34.9 Å². The number of ether oxygens (including phenoxy) is 1. The summed E-state index contributed by atoms with van der Waals surface area (Å²) >= 11 is 0. The van der Waals surface area contributed by atoms with Gasteiger partial charge in [0.1, 0.15) is 0 Å². The summed E-state index contributed by atoms with van der Waals surface area (Å²) in [5, 5.41) is 3.04. The molecule has 0 radical (unpaired) electrons. The van der Waals surface area contributed by atoms with E-state index in [9.17, 15) is 4.79 Å². The van der Waals surface area contributed by atoms with Crippen LogP contribution < -0.4 is 5.32 Å². The summed E-state index contributed by atoms with van der Waals surface area (Å²) in [5.41, 5.74) is 3.08. The molecule has 2 atom stereocenters. The molecular formula is C16H25NO2. The van der Waals surface area contributed by atoms with Crippen LogP contribution in [-0.2, 0) is 4.74 Å². The first kappa shape index (κ1) is 15.7. The number of benzene rings is 1. The maximum Gasteiger partial charge on any atom is 0.251 e. The molecule has 0 fully saturated rings. The van der Waals surface area contributed by atoms with E-state index in [1.165, 1.54) is 5.56 Å². The smallest absolute Gasteiger partial charge is 0.251 e. The van der Waals surface area contributed by atoms with Gasteiger partial charge in [0.25, 0.3) is 5.91 Å². The molecule has 0 bridgehead atoms. The summed E-state index contributed by atoms with van der Waals surface area (Å²) in [6.45, 7) is 8.96. The van der Waals surface area contributed by atoms with Crippen LogP contribution >= 0.6 is 0 Å². The van der Waals surface area contributed by atoms with Gasteiger partial charge >= 0.3 is 0 Å². The summed E-state index contributed by atoms with van der Waals surface area (Å²) in [5.74, 6) is 0.445. The fraction of sp³-hybridized carbons (Fsp3) is 0.562. The lowest BCUT2D eigenvalue weighted by molar-refractivity contribution is 0.0926. The van der Waals surface area contributed by atoms with E-state index in [2.05, 4.69) is 12.2 Å². The Balaban J connectivity index is 2.56. The fourth-order valence-electron chi connectivity index (χ4n) is 2.20. The van der Waals surface area contributed by atoms with Crippen LogP contribution in [0.4, 0.5) is 0 Å². The molecule has 1 amide bonds. The maximum atomic E-state index is 12.1. The minimum absolute atomic E-state index is 0.000201. The number of nitrogens with one attached hydrogen (secondary N) is 1. The molecule has 1 aromatic rings. The summed E-state index contributed by atoms with van der Waals surface area (Å²) < 4.78 is 5.11. The van der Waals surface area contributed by atoms with Gasteiger partial charge in [0.15, 0.2) is 0 Å². The molecule has 19 heavy (non-hydrogen) atoms. The van der Waals surface area contributed by atoms with E-state index in [1.807, 2.05) is 39.0 Å². The van der Waals surface area contributed by atoms with Gasteiger partial charge in [0.05, 0.1) is 0 Å². The minimum Gasteiger partial charge on any atom is -0.384 e. The molecule has 3 heteroatoms. The van der Waals surface area contributed by atoms with Crippen LogP contribution in [0.2, 0.25) is 0 Å². The third-order valence-corrected chi connectivity index (χ3v) is 3.35. The number of amides is 1. The Hall–Kier alpha value is -1.35. The van der Waals surface area contributed by atoms with Crippen molar-refractivity contribution in [2.75, 3.05) is 13.7 Å². The van der Waals surface area contributed by atoms with Gasteiger partial charge in [-0.05, 0) is 56.4 Å². The second-order valence-corrected chi connectivity index (χ2v) is 5.47. The molecule has 3 nitrogen and oxygen atoms in total. The van der Waals surface area contributed by atoms with Gasteiger partial charge in [-0.1, -0.05) is 13.0 Å². The minimum atomic E-state index is 0.000201. The molecule has 0 aliphatic heterocycles. The predicted molar refractivity (Wildman–Crippen MR) is 78.5 cm³/mol. The summed E-state index contributed by atoms with van der Waals surface area (Å²) in [7, 11) is 1.70. The second-order valence-electron chi connectivity index (χ2n) is 5.47. The zero-order valence-corrected chi connectivity index (χ0v) is 12.6.